The number of nitrogens with two attached hydrogens (primary N) is 2. The Morgan fingerprint density at radius 3 is 2.22 bits per heavy atom. The number of aliphatic hydroxyl groups excluding tert-OH is 1. The molecule has 0 aromatic heterocycles. The van der Waals surface area contributed by atoms with Crippen LogP contribution in [-0.4, -0.2) is 23.3 Å². The van der Waals surface area contributed by atoms with Crippen molar-refractivity contribution in [2.45, 2.75) is 12.3 Å². The molecule has 0 aromatic carbocycles. The summed E-state index contributed by atoms with van der Waals surface area (Å²) in [5.41, 5.74) is 9.44. The predicted octanol–water partition coefficient (Wildman–Crippen LogP) is -2.12. The lowest BCUT2D eigenvalue weighted by Gasteiger charge is -2.05. The molecule has 0 saturated heterocycles. The summed E-state index contributed by atoms with van der Waals surface area (Å²) in [4.78, 5) is 19.5. The van der Waals surface area contributed by atoms with Crippen LogP contribution in [0.15, 0.2) is 5.18 Å². The fourth-order valence-corrected chi connectivity index (χ4v) is 0.212. The number of hydrogen-bond donors (Lipinski definition) is 3. The Labute approximate surface area is 50.8 Å². The Morgan fingerprint density at radius 1 is 1.67 bits per heavy atom. The number of nitrogens with zero attached hydrogens (tertiary/aromatic N) is 1. The van der Waals surface area contributed by atoms with Crippen LogP contribution in [0.2, 0.25) is 0 Å². The molecule has 9 heavy (non-hydrogen) atoms. The first kappa shape index (κ1) is 7.99. The predicted molar refractivity (Wildman–Crippen MR) is 29.0 cm³/mol. The van der Waals surface area contributed by atoms with Gasteiger partial charge in [-0.05, 0) is 5.18 Å². The van der Waals surface area contributed by atoms with Crippen molar-refractivity contribution in [3.8, 4) is 0 Å². The summed E-state index contributed by atoms with van der Waals surface area (Å²) in [7, 11) is 0. The molecule has 6 nitrogen and oxygen atoms in total. The topological polar surface area (TPSA) is 119 Å². The first-order valence-corrected chi connectivity index (χ1v) is 2.15. The van der Waals surface area contributed by atoms with Crippen LogP contribution in [0.3, 0.4) is 0 Å². The Hall–Kier alpha value is -1.01. The quantitative estimate of drug-likeness (QED) is 0.381. The molecule has 52 valence electrons. The summed E-state index contributed by atoms with van der Waals surface area (Å²) in [5.74, 6) is -0.956. The second kappa shape index (κ2) is 3.10. The van der Waals surface area contributed by atoms with Crippen LogP contribution in [0.25, 0.3) is 0 Å². The lowest BCUT2D eigenvalue weighted by atomic mass is 10.3. The molecular weight excluding hydrogens is 126 g/mol. The standard InChI is InChI=1S/C3H7N3O3/c4-1(2(5)7)3(8)6-9/h1,3,8H,4H2,(H2,5,7)/t1-,3?/m1/s1. The second-order valence-electron chi connectivity index (χ2n) is 1.45. The van der Waals surface area contributed by atoms with E-state index in [0.717, 1.165) is 0 Å². The highest BCUT2D eigenvalue weighted by molar-refractivity contribution is 5.80. The van der Waals surface area contributed by atoms with Crippen molar-refractivity contribution in [2.75, 3.05) is 0 Å². The van der Waals surface area contributed by atoms with Crippen molar-refractivity contribution in [3.63, 3.8) is 0 Å². The van der Waals surface area contributed by atoms with Gasteiger partial charge >= 0.3 is 0 Å². The molecule has 1 amide bonds. The number of aliphatic hydroxyl groups is 1. The normalized spacial score (nSPS) is 16.2. The Bertz CT molecular complexity index is 125. The van der Waals surface area contributed by atoms with Crippen LogP contribution in [0.4, 0.5) is 0 Å². The molecule has 0 saturated carbocycles. The third-order valence-electron chi connectivity index (χ3n) is 0.758. The highest BCUT2D eigenvalue weighted by Gasteiger charge is 2.19. The Balaban J connectivity index is 3.86. The van der Waals surface area contributed by atoms with Gasteiger partial charge < -0.3 is 16.6 Å². The SMILES string of the molecule is NC(=O)[C@@H](N)C(O)N=O. The minimum atomic E-state index is -1.73. The monoisotopic (exact) mass is 133 g/mol. The molecule has 0 aliphatic carbocycles. The van der Waals surface area contributed by atoms with Crippen LogP contribution >= 0.6 is 0 Å². The molecule has 0 spiro atoms. The van der Waals surface area contributed by atoms with Crippen LogP contribution < -0.4 is 11.5 Å². The second-order valence-corrected chi connectivity index (χ2v) is 1.45. The molecule has 0 aromatic rings. The van der Waals surface area contributed by atoms with E-state index in [4.69, 9.17) is 10.8 Å². The van der Waals surface area contributed by atoms with Crippen molar-refractivity contribution >= 4 is 5.91 Å². The third kappa shape index (κ3) is 2.15. The molecule has 0 aliphatic heterocycles. The third-order valence-corrected chi connectivity index (χ3v) is 0.758. The van der Waals surface area contributed by atoms with Gasteiger partial charge in [-0.2, -0.15) is 0 Å². The number of hydrogen-bond acceptors (Lipinski definition) is 5. The Morgan fingerprint density at radius 2 is 2.11 bits per heavy atom. The van der Waals surface area contributed by atoms with Crippen molar-refractivity contribution in [1.82, 2.24) is 0 Å². The maximum Gasteiger partial charge on any atom is 0.239 e. The van der Waals surface area contributed by atoms with E-state index >= 15 is 0 Å². The number of primary amides is 1. The lowest BCUT2D eigenvalue weighted by molar-refractivity contribution is -0.121. The van der Waals surface area contributed by atoms with Gasteiger partial charge in [-0.1, -0.05) is 0 Å². The number of rotatable bonds is 3. The van der Waals surface area contributed by atoms with Gasteiger partial charge in [0.05, 0.1) is 0 Å². The average molecular weight is 133 g/mol. The minimum Gasteiger partial charge on any atom is -0.368 e. The summed E-state index contributed by atoms with van der Waals surface area (Å²) in [6.45, 7) is 0. The van der Waals surface area contributed by atoms with Crippen LogP contribution in [-0.2, 0) is 4.79 Å². The van der Waals surface area contributed by atoms with Gasteiger partial charge in [0, 0.05) is 0 Å². The molecule has 0 heterocycles. The highest BCUT2D eigenvalue weighted by Crippen LogP contribution is 1.88. The maximum absolute atomic E-state index is 10.0. The smallest absolute Gasteiger partial charge is 0.239 e. The van der Waals surface area contributed by atoms with Crippen molar-refractivity contribution < 1.29 is 9.90 Å². The molecule has 0 rings (SSSR count). The Kier molecular flexibility index (Phi) is 2.75. The number of amides is 1. The van der Waals surface area contributed by atoms with E-state index < -0.39 is 18.2 Å². The molecule has 0 bridgehead atoms. The molecule has 2 atom stereocenters. The van der Waals surface area contributed by atoms with Crippen LogP contribution in [0, 0.1) is 4.91 Å². The molecule has 5 N–H and O–H groups in total. The lowest BCUT2D eigenvalue weighted by Crippen LogP contribution is -2.44. The van der Waals surface area contributed by atoms with Crippen LogP contribution in [0.5, 0.6) is 0 Å². The average Bonchev–Trinajstić information content (AvgIpc) is 1.84. The first-order chi connectivity index (χ1) is 4.09. The van der Waals surface area contributed by atoms with Gasteiger partial charge in [-0.15, -0.1) is 4.91 Å². The summed E-state index contributed by atoms with van der Waals surface area (Å²) in [6.07, 6.45) is -1.73. The van der Waals surface area contributed by atoms with E-state index in [1.54, 1.807) is 0 Å². The van der Waals surface area contributed by atoms with E-state index in [2.05, 4.69) is 10.9 Å². The van der Waals surface area contributed by atoms with E-state index in [-0.39, 0.29) is 0 Å². The highest BCUT2D eigenvalue weighted by atomic mass is 16.3. The first-order valence-electron chi connectivity index (χ1n) is 2.15. The fraction of sp³-hybridized carbons (Fsp3) is 0.667. The van der Waals surface area contributed by atoms with Gasteiger partial charge in [0.2, 0.25) is 12.1 Å². The van der Waals surface area contributed by atoms with Crippen molar-refractivity contribution in [2.24, 2.45) is 16.6 Å². The van der Waals surface area contributed by atoms with Gasteiger partial charge in [0.1, 0.15) is 6.04 Å². The molecule has 1 unspecified atom stereocenters. The van der Waals surface area contributed by atoms with E-state index in [0.29, 0.717) is 0 Å². The summed E-state index contributed by atoms with van der Waals surface area (Å²) in [5, 5.41) is 10.5. The summed E-state index contributed by atoms with van der Waals surface area (Å²) < 4.78 is 0. The zero-order valence-corrected chi connectivity index (χ0v) is 4.52. The number of carbonyl (C=O) groups is 1. The van der Waals surface area contributed by atoms with E-state index in [9.17, 15) is 9.70 Å². The maximum atomic E-state index is 10.0. The zero-order valence-electron chi connectivity index (χ0n) is 4.52. The molecule has 0 radical (unpaired) electrons. The molecule has 0 aliphatic rings. The van der Waals surface area contributed by atoms with E-state index in [1.807, 2.05) is 0 Å². The zero-order chi connectivity index (χ0) is 7.44. The largest absolute Gasteiger partial charge is 0.368 e. The van der Waals surface area contributed by atoms with Gasteiger partial charge in [0.25, 0.3) is 0 Å². The van der Waals surface area contributed by atoms with Crippen molar-refractivity contribution in [3.05, 3.63) is 4.91 Å². The number of carbonyl (C=O) groups excluding carboxylic acids is 1. The summed E-state index contributed by atoms with van der Waals surface area (Å²) >= 11 is 0. The number of nitroso groups, excluding NO2 is 1. The van der Waals surface area contributed by atoms with Gasteiger partial charge in [-0.25, -0.2) is 0 Å². The van der Waals surface area contributed by atoms with Crippen LogP contribution in [0.1, 0.15) is 0 Å². The van der Waals surface area contributed by atoms with Gasteiger partial charge in [0.15, 0.2) is 0 Å². The molecular formula is C3H7N3O3. The van der Waals surface area contributed by atoms with E-state index in [1.165, 1.54) is 0 Å². The minimum absolute atomic E-state index is 0.956. The molecule has 0 fully saturated rings. The van der Waals surface area contributed by atoms with Crippen molar-refractivity contribution in [1.29, 1.82) is 0 Å². The molecule has 6 heteroatoms. The summed E-state index contributed by atoms with van der Waals surface area (Å²) in [6, 6.07) is -1.40. The fourth-order valence-electron chi connectivity index (χ4n) is 0.212. The van der Waals surface area contributed by atoms with Gasteiger partial charge in [-0.3, -0.25) is 4.79 Å².